The lowest BCUT2D eigenvalue weighted by Gasteiger charge is -2.19. The summed E-state index contributed by atoms with van der Waals surface area (Å²) in [5.74, 6) is -1.44. The van der Waals surface area contributed by atoms with Gasteiger partial charge in [-0.1, -0.05) is 63.2 Å². The smallest absolute Gasteiger partial charge is 0.272 e. The van der Waals surface area contributed by atoms with Gasteiger partial charge in [-0.2, -0.15) is 0 Å². The van der Waals surface area contributed by atoms with Crippen LogP contribution in [0, 0.1) is 11.2 Å². The number of halogens is 1. The molecule has 0 spiro atoms. The summed E-state index contributed by atoms with van der Waals surface area (Å²) in [5.41, 5.74) is 0.176. The van der Waals surface area contributed by atoms with Gasteiger partial charge >= 0.3 is 0 Å². The Morgan fingerprint density at radius 3 is 2.16 bits per heavy atom. The highest BCUT2D eigenvalue weighted by molar-refractivity contribution is 6.09. The van der Waals surface area contributed by atoms with Crippen molar-refractivity contribution in [1.29, 1.82) is 0 Å². The molecule has 0 atom stereocenters. The molecule has 0 fully saturated rings. The van der Waals surface area contributed by atoms with Crippen LogP contribution in [0.4, 0.5) is 10.1 Å². The molecule has 0 aromatic heterocycles. The molecular weight excluding hydrogens is 319 g/mol. The van der Waals surface area contributed by atoms with Crippen molar-refractivity contribution < 1.29 is 14.0 Å². The van der Waals surface area contributed by atoms with E-state index in [-0.39, 0.29) is 17.3 Å². The van der Waals surface area contributed by atoms with Gasteiger partial charge in [0.1, 0.15) is 11.5 Å². The van der Waals surface area contributed by atoms with Crippen LogP contribution >= 0.6 is 0 Å². The molecule has 0 aliphatic rings. The first-order chi connectivity index (χ1) is 11.8. The molecule has 2 rings (SSSR count). The third-order valence-corrected chi connectivity index (χ3v) is 3.41. The van der Waals surface area contributed by atoms with Crippen LogP contribution < -0.4 is 10.6 Å². The third kappa shape index (κ3) is 5.28. The van der Waals surface area contributed by atoms with Crippen LogP contribution in [0.2, 0.25) is 0 Å². The highest BCUT2D eigenvalue weighted by Gasteiger charge is 2.24. The Morgan fingerprint density at radius 2 is 1.56 bits per heavy atom. The SMILES string of the molecule is CC(C)(C)C(=O)N/C(=C/c1ccccc1)C(=O)Nc1ccccc1F. The van der Waals surface area contributed by atoms with Crippen molar-refractivity contribution in [2.24, 2.45) is 5.41 Å². The summed E-state index contributed by atoms with van der Waals surface area (Å²) in [6.45, 7) is 5.24. The standard InChI is InChI=1S/C20H21FN2O2/c1-20(2,3)19(25)23-17(13-14-9-5-4-6-10-14)18(24)22-16-12-8-7-11-15(16)21/h4-13H,1-3H3,(H,22,24)(H,23,25)/b17-13+. The number of rotatable bonds is 4. The molecule has 0 saturated heterocycles. The summed E-state index contributed by atoms with van der Waals surface area (Å²) in [5, 5.41) is 5.12. The average Bonchev–Trinajstić information content (AvgIpc) is 2.56. The zero-order valence-electron chi connectivity index (χ0n) is 14.5. The van der Waals surface area contributed by atoms with Gasteiger partial charge in [0.15, 0.2) is 0 Å². The zero-order chi connectivity index (χ0) is 18.4. The van der Waals surface area contributed by atoms with Crippen molar-refractivity contribution in [1.82, 2.24) is 5.32 Å². The number of amides is 2. The maximum atomic E-state index is 13.8. The van der Waals surface area contributed by atoms with E-state index in [9.17, 15) is 14.0 Å². The van der Waals surface area contributed by atoms with Gasteiger partial charge in [0.25, 0.3) is 5.91 Å². The van der Waals surface area contributed by atoms with Crippen LogP contribution in [0.1, 0.15) is 26.3 Å². The average molecular weight is 340 g/mol. The lowest BCUT2D eigenvalue weighted by molar-refractivity contribution is -0.128. The van der Waals surface area contributed by atoms with E-state index in [4.69, 9.17) is 0 Å². The zero-order valence-corrected chi connectivity index (χ0v) is 14.5. The molecule has 0 aliphatic carbocycles. The highest BCUT2D eigenvalue weighted by Crippen LogP contribution is 2.17. The summed E-state index contributed by atoms with van der Waals surface area (Å²) in [4.78, 5) is 24.9. The Kier molecular flexibility index (Phi) is 5.70. The van der Waals surface area contributed by atoms with E-state index < -0.39 is 17.1 Å². The Morgan fingerprint density at radius 1 is 0.960 bits per heavy atom. The molecule has 5 heteroatoms. The molecule has 0 saturated carbocycles. The first kappa shape index (κ1) is 18.4. The Labute approximate surface area is 146 Å². The lowest BCUT2D eigenvalue weighted by atomic mass is 9.95. The summed E-state index contributed by atoms with van der Waals surface area (Å²) >= 11 is 0. The summed E-state index contributed by atoms with van der Waals surface area (Å²) in [6.07, 6.45) is 1.56. The number of hydrogen-bond donors (Lipinski definition) is 2. The van der Waals surface area contributed by atoms with Crippen molar-refractivity contribution in [2.45, 2.75) is 20.8 Å². The van der Waals surface area contributed by atoms with E-state index in [0.29, 0.717) is 0 Å². The second-order valence-corrected chi connectivity index (χ2v) is 6.61. The fraction of sp³-hybridized carbons (Fsp3) is 0.200. The Hall–Kier alpha value is -2.95. The molecule has 0 radical (unpaired) electrons. The quantitative estimate of drug-likeness (QED) is 0.828. The summed E-state index contributed by atoms with van der Waals surface area (Å²) in [6, 6.07) is 15.0. The number of para-hydroxylation sites is 1. The summed E-state index contributed by atoms with van der Waals surface area (Å²) in [7, 11) is 0. The van der Waals surface area contributed by atoms with Crippen LogP contribution in [0.25, 0.3) is 6.08 Å². The van der Waals surface area contributed by atoms with Crippen molar-refractivity contribution in [3.63, 3.8) is 0 Å². The molecule has 4 nitrogen and oxygen atoms in total. The van der Waals surface area contributed by atoms with Crippen LogP contribution in [0.3, 0.4) is 0 Å². The molecule has 0 unspecified atom stereocenters. The molecule has 130 valence electrons. The number of carbonyl (C=O) groups is 2. The van der Waals surface area contributed by atoms with Gasteiger partial charge in [-0.3, -0.25) is 9.59 Å². The van der Waals surface area contributed by atoms with Gasteiger partial charge in [0.2, 0.25) is 5.91 Å². The second kappa shape index (κ2) is 7.75. The highest BCUT2D eigenvalue weighted by atomic mass is 19.1. The van der Waals surface area contributed by atoms with E-state index in [1.807, 2.05) is 18.2 Å². The van der Waals surface area contributed by atoms with Crippen LogP contribution in [0.15, 0.2) is 60.3 Å². The number of benzene rings is 2. The first-order valence-electron chi connectivity index (χ1n) is 7.91. The number of anilines is 1. The van der Waals surface area contributed by atoms with Crippen molar-refractivity contribution in [3.05, 3.63) is 71.7 Å². The van der Waals surface area contributed by atoms with Crippen LogP contribution in [0.5, 0.6) is 0 Å². The normalized spacial score (nSPS) is 11.8. The minimum atomic E-state index is -0.673. The maximum Gasteiger partial charge on any atom is 0.272 e. The van der Waals surface area contributed by atoms with Gasteiger partial charge in [0, 0.05) is 5.41 Å². The van der Waals surface area contributed by atoms with Crippen LogP contribution in [-0.2, 0) is 9.59 Å². The molecule has 25 heavy (non-hydrogen) atoms. The van der Waals surface area contributed by atoms with Gasteiger partial charge < -0.3 is 10.6 Å². The van der Waals surface area contributed by atoms with Crippen molar-refractivity contribution in [3.8, 4) is 0 Å². The van der Waals surface area contributed by atoms with Gasteiger partial charge in [-0.25, -0.2) is 4.39 Å². The van der Waals surface area contributed by atoms with Crippen LogP contribution in [-0.4, -0.2) is 11.8 Å². The Balaban J connectivity index is 2.30. The monoisotopic (exact) mass is 340 g/mol. The van der Waals surface area contributed by atoms with Gasteiger partial charge in [-0.15, -0.1) is 0 Å². The fourth-order valence-electron chi connectivity index (χ4n) is 1.94. The van der Waals surface area contributed by atoms with E-state index in [0.717, 1.165) is 5.56 Å². The third-order valence-electron chi connectivity index (χ3n) is 3.41. The minimum absolute atomic E-state index is 0.0504. The molecule has 0 heterocycles. The van der Waals surface area contributed by atoms with Crippen molar-refractivity contribution in [2.75, 3.05) is 5.32 Å². The molecule has 2 aromatic carbocycles. The van der Waals surface area contributed by atoms with E-state index in [2.05, 4.69) is 10.6 Å². The lowest BCUT2D eigenvalue weighted by Crippen LogP contribution is -2.38. The molecule has 0 bridgehead atoms. The van der Waals surface area contributed by atoms with Gasteiger partial charge in [0.05, 0.1) is 5.69 Å². The van der Waals surface area contributed by atoms with E-state index in [1.54, 1.807) is 45.0 Å². The van der Waals surface area contributed by atoms with Gasteiger partial charge in [-0.05, 0) is 23.8 Å². The van der Waals surface area contributed by atoms with Crippen molar-refractivity contribution >= 4 is 23.6 Å². The van der Waals surface area contributed by atoms with E-state index in [1.165, 1.54) is 18.2 Å². The minimum Gasteiger partial charge on any atom is -0.321 e. The molecule has 2 N–H and O–H groups in total. The maximum absolute atomic E-state index is 13.8. The topological polar surface area (TPSA) is 58.2 Å². The predicted octanol–water partition coefficient (Wildman–Crippen LogP) is 3.97. The molecular formula is C20H21FN2O2. The Bertz CT molecular complexity index is 793. The molecule has 0 aliphatic heterocycles. The number of carbonyl (C=O) groups excluding carboxylic acids is 2. The first-order valence-corrected chi connectivity index (χ1v) is 7.91. The fourth-order valence-corrected chi connectivity index (χ4v) is 1.94. The number of hydrogen-bond acceptors (Lipinski definition) is 2. The molecule has 2 aromatic rings. The second-order valence-electron chi connectivity index (χ2n) is 6.61. The molecule has 2 amide bonds. The van der Waals surface area contributed by atoms with E-state index >= 15 is 0 Å². The largest absolute Gasteiger partial charge is 0.321 e. The number of nitrogens with one attached hydrogen (secondary N) is 2. The summed E-state index contributed by atoms with van der Waals surface area (Å²) < 4.78 is 13.8. The predicted molar refractivity (Wildman–Crippen MR) is 97.0 cm³/mol.